The summed E-state index contributed by atoms with van der Waals surface area (Å²) in [6.45, 7) is 12.2. The van der Waals surface area contributed by atoms with Gasteiger partial charge >= 0.3 is 0 Å². The number of guanidine groups is 6. The van der Waals surface area contributed by atoms with E-state index >= 15 is 0 Å². The largest absolute Gasteiger partial charge is 0.508 e. The standard InChI is InChI=1S/3C10H15N3O2.3C10H15N3O/c1-6-2-7(4-8(14)3-6)9(15)5-13-10(11)12;1-6-2-3-7(14)4-8(6)9(15)5-13-10(11)12;1-6-2-3-7(4-8(6)14)9(15)5-13-10(11)12;1-7-2-4-8(5-3-7)9(14)6-13-10(11)12;1-7-3-2-4-8(5-7)9(14)6-13-10(11)12;1-7-4-2-3-5-8(7)9(14)6-13-10(11)12/h3*2-4,9,14-15H,5H2,1H3,(H4,11,12,13);3*2-5,9,14H,6H2,1H3,(H4,11,12,13)/t6*9-/m000000/s1. The molecule has 6 atom stereocenters. The van der Waals surface area contributed by atoms with Crippen LogP contribution in [0.3, 0.4) is 0 Å². The van der Waals surface area contributed by atoms with E-state index in [0.717, 1.165) is 50.1 Å². The van der Waals surface area contributed by atoms with E-state index in [0.29, 0.717) is 16.7 Å². The molecule has 6 aromatic carbocycles. The van der Waals surface area contributed by atoms with Crippen molar-refractivity contribution >= 4 is 35.8 Å². The molecule has 0 aromatic heterocycles. The second-order valence-corrected chi connectivity index (χ2v) is 19.6. The number of nitrogens with two attached hydrogens (primary N) is 12. The zero-order chi connectivity index (χ0) is 65.9. The molecule has 0 aliphatic carbocycles. The van der Waals surface area contributed by atoms with Gasteiger partial charge in [-0.2, -0.15) is 0 Å². The monoisotopic (exact) mass is 1210 g/mol. The number of nitrogens with zero attached hydrogens (tertiary/aromatic N) is 6. The molecule has 0 saturated heterocycles. The van der Waals surface area contributed by atoms with Crippen LogP contribution in [0.25, 0.3) is 0 Å². The Hall–Kier alpha value is -9.90. The predicted molar refractivity (Wildman–Crippen MR) is 346 cm³/mol. The Labute approximate surface area is 507 Å². The molecule has 0 bridgehead atoms. The predicted octanol–water partition coefficient (Wildman–Crippen LogP) is 0.928. The smallest absolute Gasteiger partial charge is 0.186 e. The molecule has 0 spiro atoms. The van der Waals surface area contributed by atoms with Gasteiger partial charge in [0.25, 0.3) is 0 Å². The van der Waals surface area contributed by atoms with Crippen molar-refractivity contribution < 1.29 is 46.0 Å². The highest BCUT2D eigenvalue weighted by Crippen LogP contribution is 2.25. The fourth-order valence-electron chi connectivity index (χ4n) is 7.20. The van der Waals surface area contributed by atoms with E-state index in [9.17, 15) is 46.0 Å². The first-order valence-corrected chi connectivity index (χ1v) is 26.8. The molecule has 0 amide bonds. The maximum absolute atomic E-state index is 9.75. The summed E-state index contributed by atoms with van der Waals surface area (Å²) in [4.78, 5) is 22.4. The Balaban J connectivity index is 0.000000522. The molecule has 6 rings (SSSR count). The average molecular weight is 1210 g/mol. The molecule has 0 radical (unpaired) electrons. The van der Waals surface area contributed by atoms with Crippen LogP contribution in [-0.4, -0.2) is 121 Å². The van der Waals surface area contributed by atoms with Gasteiger partial charge in [0.05, 0.1) is 75.9 Å². The second kappa shape index (κ2) is 39.6. The Morgan fingerprint density at radius 1 is 0.299 bits per heavy atom. The summed E-state index contributed by atoms with van der Waals surface area (Å²) < 4.78 is 0. The molecule has 6 aromatic rings. The lowest BCUT2D eigenvalue weighted by Crippen LogP contribution is -2.23. The normalized spacial score (nSPS) is 12.1. The van der Waals surface area contributed by atoms with Crippen molar-refractivity contribution in [2.75, 3.05) is 39.3 Å². The number of hydrogen-bond acceptors (Lipinski definition) is 15. The number of aliphatic imine (C=N–C) groups is 6. The van der Waals surface area contributed by atoms with Gasteiger partial charge in [0.2, 0.25) is 0 Å². The first-order chi connectivity index (χ1) is 40.8. The highest BCUT2D eigenvalue weighted by molar-refractivity contribution is 5.77. The van der Waals surface area contributed by atoms with Gasteiger partial charge in [0.1, 0.15) is 17.2 Å². The molecule has 33 N–H and O–H groups in total. The minimum atomic E-state index is -0.807. The molecule has 0 saturated carbocycles. The highest BCUT2D eigenvalue weighted by Gasteiger charge is 2.13. The summed E-state index contributed by atoms with van der Waals surface area (Å²) >= 11 is 0. The summed E-state index contributed by atoms with van der Waals surface area (Å²) in [6.07, 6.45) is -4.34. The molecule has 0 aliphatic heterocycles. The van der Waals surface area contributed by atoms with Gasteiger partial charge in [0, 0.05) is 0 Å². The molecule has 27 heteroatoms. The lowest BCUT2D eigenvalue weighted by atomic mass is 10.0. The molecule has 0 fully saturated rings. The summed E-state index contributed by atoms with van der Waals surface area (Å²) in [6, 6.07) is 37.4. The first-order valence-electron chi connectivity index (χ1n) is 26.8. The Morgan fingerprint density at radius 2 is 0.678 bits per heavy atom. The number of aryl methyl sites for hydroxylation is 6. The maximum Gasteiger partial charge on any atom is 0.186 e. The van der Waals surface area contributed by atoms with Crippen molar-refractivity contribution in [3.63, 3.8) is 0 Å². The van der Waals surface area contributed by atoms with Crippen LogP contribution in [0, 0.1) is 41.5 Å². The van der Waals surface area contributed by atoms with Crippen LogP contribution in [0.4, 0.5) is 0 Å². The van der Waals surface area contributed by atoms with Gasteiger partial charge in [0.15, 0.2) is 35.8 Å². The fourth-order valence-corrected chi connectivity index (χ4v) is 7.20. The number of phenols is 3. The third-order valence-electron chi connectivity index (χ3n) is 11.8. The van der Waals surface area contributed by atoms with Crippen LogP contribution in [0.1, 0.15) is 103 Å². The van der Waals surface area contributed by atoms with Crippen LogP contribution in [0.5, 0.6) is 17.2 Å². The number of phenolic OH excluding ortho intramolecular Hbond substituents is 3. The SMILES string of the molecule is Cc1cc(O)cc([C@@H](O)CN=C(N)N)c1.Cc1ccc(O)cc1[C@@H](O)CN=C(N)N.Cc1ccc([C@@H](O)CN=C(N)N)cc1.Cc1ccc([C@@H](O)CN=C(N)N)cc1O.Cc1cccc([C@@H](O)CN=C(N)N)c1.Cc1ccccc1[C@@H](O)CN=C(N)N. The molecule has 0 unspecified atom stereocenters. The zero-order valence-corrected chi connectivity index (χ0v) is 50.0. The molecule has 27 nitrogen and oxygen atoms in total. The summed E-state index contributed by atoms with van der Waals surface area (Å²) in [7, 11) is 0. The van der Waals surface area contributed by atoms with E-state index < -0.39 is 36.6 Å². The molecule has 0 aliphatic rings. The number of aromatic hydroxyl groups is 3. The number of benzene rings is 6. The quantitative estimate of drug-likeness (QED) is 0.0420. The molecule has 474 valence electrons. The molecule has 87 heavy (non-hydrogen) atoms. The summed E-state index contributed by atoms with van der Waals surface area (Å²) in [5.41, 5.74) is 72.0. The van der Waals surface area contributed by atoms with Gasteiger partial charge in [-0.1, -0.05) is 108 Å². The van der Waals surface area contributed by atoms with E-state index in [1.807, 2.05) is 107 Å². The van der Waals surface area contributed by atoms with Crippen molar-refractivity contribution in [1.82, 2.24) is 0 Å². The van der Waals surface area contributed by atoms with Crippen LogP contribution in [0.15, 0.2) is 157 Å². The molecular weight excluding hydrogens is 1120 g/mol. The van der Waals surface area contributed by atoms with E-state index in [2.05, 4.69) is 30.0 Å². The zero-order valence-electron chi connectivity index (χ0n) is 50.0. The summed E-state index contributed by atoms with van der Waals surface area (Å²) in [5.74, 6) is 0.179. The van der Waals surface area contributed by atoms with Crippen molar-refractivity contribution in [2.45, 2.75) is 78.2 Å². The lowest BCUT2D eigenvalue weighted by Gasteiger charge is -2.11. The second-order valence-electron chi connectivity index (χ2n) is 19.6. The number of rotatable bonds is 18. The topological polar surface area (TPSA) is 568 Å². The van der Waals surface area contributed by atoms with Crippen molar-refractivity contribution in [2.24, 2.45) is 98.8 Å². The highest BCUT2D eigenvalue weighted by atomic mass is 16.3. The number of aliphatic hydroxyl groups is 6. The van der Waals surface area contributed by atoms with Gasteiger partial charge in [-0.3, -0.25) is 30.0 Å². The Morgan fingerprint density at radius 3 is 1.11 bits per heavy atom. The van der Waals surface area contributed by atoms with Crippen LogP contribution < -0.4 is 68.8 Å². The van der Waals surface area contributed by atoms with Crippen LogP contribution in [-0.2, 0) is 0 Å². The van der Waals surface area contributed by atoms with Crippen molar-refractivity contribution in [3.05, 3.63) is 194 Å². The van der Waals surface area contributed by atoms with Gasteiger partial charge in [-0.05, 0) is 128 Å². The van der Waals surface area contributed by atoms with Crippen LogP contribution in [0.2, 0.25) is 0 Å². The Kier molecular flexibility index (Phi) is 34.2. The third-order valence-corrected chi connectivity index (χ3v) is 11.8. The minimum Gasteiger partial charge on any atom is -0.508 e. The molecular formula is C60H90N18O9. The van der Waals surface area contributed by atoms with Gasteiger partial charge < -0.3 is 115 Å². The minimum absolute atomic E-state index is 0.00219. The van der Waals surface area contributed by atoms with Gasteiger partial charge in [-0.25, -0.2) is 0 Å². The third kappa shape index (κ3) is 32.7. The number of aliphatic hydroxyl groups excluding tert-OH is 6. The number of hydrogen-bond donors (Lipinski definition) is 21. The van der Waals surface area contributed by atoms with E-state index in [-0.39, 0.29) is 92.3 Å². The van der Waals surface area contributed by atoms with E-state index in [4.69, 9.17) is 68.8 Å². The first kappa shape index (κ1) is 75.1. The van der Waals surface area contributed by atoms with E-state index in [1.165, 1.54) is 18.2 Å². The van der Waals surface area contributed by atoms with Crippen molar-refractivity contribution in [1.29, 1.82) is 0 Å². The van der Waals surface area contributed by atoms with E-state index in [1.54, 1.807) is 43.3 Å². The fraction of sp³-hybridized carbons (Fsp3) is 0.300. The van der Waals surface area contributed by atoms with Crippen molar-refractivity contribution in [3.8, 4) is 17.2 Å². The van der Waals surface area contributed by atoms with Crippen LogP contribution >= 0.6 is 0 Å². The lowest BCUT2D eigenvalue weighted by molar-refractivity contribution is 0.186. The molecule has 0 heterocycles. The Bertz CT molecular complexity index is 3170. The summed E-state index contributed by atoms with van der Waals surface area (Å²) in [5, 5.41) is 86.2. The average Bonchev–Trinajstić information content (AvgIpc) is 3.68. The van der Waals surface area contributed by atoms with Gasteiger partial charge in [-0.15, -0.1) is 0 Å². The maximum atomic E-state index is 9.75.